The second-order valence-electron chi connectivity index (χ2n) is 4.96. The molecule has 0 aromatic heterocycles. The summed E-state index contributed by atoms with van der Waals surface area (Å²) in [5.41, 5.74) is 5.98. The summed E-state index contributed by atoms with van der Waals surface area (Å²) in [4.78, 5) is 23.3. The van der Waals surface area contributed by atoms with Gasteiger partial charge in [0.1, 0.15) is 0 Å². The van der Waals surface area contributed by atoms with E-state index in [0.29, 0.717) is 17.8 Å². The van der Waals surface area contributed by atoms with Crippen LogP contribution >= 0.6 is 0 Å². The van der Waals surface area contributed by atoms with E-state index in [9.17, 15) is 9.59 Å². The normalized spacial score (nSPS) is 22.2. The average Bonchev–Trinajstić information content (AvgIpc) is 2.89. The summed E-state index contributed by atoms with van der Waals surface area (Å²) in [7, 11) is 0. The Balaban J connectivity index is 2.08. The van der Waals surface area contributed by atoms with Crippen molar-refractivity contribution in [2.24, 2.45) is 11.1 Å². The Morgan fingerprint density at radius 3 is 2.53 bits per heavy atom. The number of carbonyl (C=O) groups excluding carboxylic acids is 2. The molecular weight excluding hydrogens is 242 g/mol. The third-order valence-corrected chi connectivity index (χ3v) is 3.83. The summed E-state index contributed by atoms with van der Waals surface area (Å²) in [5.74, 6) is -0.435. The largest absolute Gasteiger partial charge is 0.366 e. The number of hydrogen-bond acceptors (Lipinski definition) is 3. The summed E-state index contributed by atoms with van der Waals surface area (Å²) < 4.78 is 0. The van der Waals surface area contributed by atoms with Crippen LogP contribution in [0.2, 0.25) is 0 Å². The molecule has 0 bridgehead atoms. The number of rotatable bonds is 4. The molecule has 102 valence electrons. The Hall–Kier alpha value is -1.88. The van der Waals surface area contributed by atoms with Crippen molar-refractivity contribution in [1.29, 1.82) is 0 Å². The van der Waals surface area contributed by atoms with E-state index in [2.05, 4.69) is 10.6 Å². The fraction of sp³-hybridized carbons (Fsp3) is 0.429. The lowest BCUT2D eigenvalue weighted by molar-refractivity contribution is -0.124. The van der Waals surface area contributed by atoms with Gasteiger partial charge in [-0.1, -0.05) is 6.92 Å². The molecule has 0 saturated carbocycles. The first kappa shape index (κ1) is 13.5. The first-order valence-electron chi connectivity index (χ1n) is 6.49. The molecule has 1 aliphatic rings. The van der Waals surface area contributed by atoms with Crippen molar-refractivity contribution in [3.8, 4) is 0 Å². The maximum Gasteiger partial charge on any atom is 0.248 e. The molecule has 0 radical (unpaired) electrons. The fourth-order valence-electron chi connectivity index (χ4n) is 2.38. The van der Waals surface area contributed by atoms with Gasteiger partial charge in [0.15, 0.2) is 0 Å². The van der Waals surface area contributed by atoms with Gasteiger partial charge in [-0.05, 0) is 43.7 Å². The zero-order chi connectivity index (χ0) is 13.9. The van der Waals surface area contributed by atoms with E-state index in [0.717, 1.165) is 19.4 Å². The van der Waals surface area contributed by atoms with Crippen molar-refractivity contribution in [3.63, 3.8) is 0 Å². The van der Waals surface area contributed by atoms with Crippen molar-refractivity contribution in [2.75, 3.05) is 18.4 Å². The van der Waals surface area contributed by atoms with Crippen molar-refractivity contribution < 1.29 is 9.59 Å². The molecule has 0 spiro atoms. The van der Waals surface area contributed by atoms with Crippen LogP contribution < -0.4 is 16.4 Å². The molecule has 0 aliphatic carbocycles. The first-order chi connectivity index (χ1) is 9.07. The smallest absolute Gasteiger partial charge is 0.248 e. The van der Waals surface area contributed by atoms with Crippen LogP contribution in [0.15, 0.2) is 24.3 Å². The minimum absolute atomic E-state index is 0.0341. The molecule has 4 N–H and O–H groups in total. The van der Waals surface area contributed by atoms with Crippen molar-refractivity contribution in [2.45, 2.75) is 19.8 Å². The third kappa shape index (κ3) is 2.76. The number of carbonyl (C=O) groups is 2. The summed E-state index contributed by atoms with van der Waals surface area (Å²) >= 11 is 0. The molecule has 2 rings (SSSR count). The van der Waals surface area contributed by atoms with Gasteiger partial charge in [0.05, 0.1) is 5.41 Å². The van der Waals surface area contributed by atoms with Crippen LogP contribution in [-0.4, -0.2) is 24.9 Å². The van der Waals surface area contributed by atoms with E-state index in [1.54, 1.807) is 24.3 Å². The van der Waals surface area contributed by atoms with Gasteiger partial charge in [-0.15, -0.1) is 0 Å². The van der Waals surface area contributed by atoms with Crippen LogP contribution in [0.5, 0.6) is 0 Å². The molecule has 1 fully saturated rings. The lowest BCUT2D eigenvalue weighted by Gasteiger charge is -2.25. The molecule has 1 atom stereocenters. The van der Waals surface area contributed by atoms with Gasteiger partial charge < -0.3 is 16.4 Å². The number of hydrogen-bond donors (Lipinski definition) is 3. The summed E-state index contributed by atoms with van der Waals surface area (Å²) in [5, 5.41) is 6.14. The van der Waals surface area contributed by atoms with Crippen LogP contribution in [0.3, 0.4) is 0 Å². The summed E-state index contributed by atoms with van der Waals surface area (Å²) in [6.45, 7) is 3.62. The Morgan fingerprint density at radius 2 is 2.05 bits per heavy atom. The minimum Gasteiger partial charge on any atom is -0.366 e. The van der Waals surface area contributed by atoms with Gasteiger partial charge in [-0.25, -0.2) is 0 Å². The molecular formula is C14H19N3O2. The van der Waals surface area contributed by atoms with Crippen LogP contribution in [-0.2, 0) is 4.79 Å². The van der Waals surface area contributed by atoms with E-state index in [4.69, 9.17) is 5.73 Å². The molecule has 1 aromatic carbocycles. The van der Waals surface area contributed by atoms with Crippen LogP contribution in [0.25, 0.3) is 0 Å². The minimum atomic E-state index is -0.470. The number of benzene rings is 1. The van der Waals surface area contributed by atoms with E-state index >= 15 is 0 Å². The van der Waals surface area contributed by atoms with Gasteiger partial charge >= 0.3 is 0 Å². The van der Waals surface area contributed by atoms with Gasteiger partial charge in [0.2, 0.25) is 11.8 Å². The number of nitrogens with two attached hydrogens (primary N) is 1. The van der Waals surface area contributed by atoms with Crippen molar-refractivity contribution in [1.82, 2.24) is 5.32 Å². The number of primary amides is 1. The molecule has 5 heteroatoms. The predicted octanol–water partition coefficient (Wildman–Crippen LogP) is 1.11. The Bertz CT molecular complexity index is 476. The lowest BCUT2D eigenvalue weighted by Crippen LogP contribution is -2.37. The van der Waals surface area contributed by atoms with E-state index in [1.807, 2.05) is 6.92 Å². The van der Waals surface area contributed by atoms with E-state index in [-0.39, 0.29) is 11.3 Å². The van der Waals surface area contributed by atoms with Gasteiger partial charge in [0, 0.05) is 17.8 Å². The monoisotopic (exact) mass is 261 g/mol. The van der Waals surface area contributed by atoms with Gasteiger partial charge in [0.25, 0.3) is 0 Å². The average molecular weight is 261 g/mol. The van der Waals surface area contributed by atoms with Crippen molar-refractivity contribution >= 4 is 17.5 Å². The maximum absolute atomic E-state index is 12.3. The Kier molecular flexibility index (Phi) is 3.85. The molecule has 1 unspecified atom stereocenters. The quantitative estimate of drug-likeness (QED) is 0.759. The fourth-order valence-corrected chi connectivity index (χ4v) is 2.38. The highest BCUT2D eigenvalue weighted by molar-refractivity contribution is 5.97. The molecule has 1 saturated heterocycles. The van der Waals surface area contributed by atoms with E-state index < -0.39 is 5.91 Å². The summed E-state index contributed by atoms with van der Waals surface area (Å²) in [6.07, 6.45) is 1.67. The predicted molar refractivity (Wildman–Crippen MR) is 73.8 cm³/mol. The molecule has 1 heterocycles. The van der Waals surface area contributed by atoms with Gasteiger partial charge in [-0.3, -0.25) is 9.59 Å². The highest BCUT2D eigenvalue weighted by Crippen LogP contribution is 2.30. The molecule has 5 nitrogen and oxygen atoms in total. The Morgan fingerprint density at radius 1 is 1.37 bits per heavy atom. The number of nitrogens with one attached hydrogen (secondary N) is 2. The Labute approximate surface area is 112 Å². The second-order valence-corrected chi connectivity index (χ2v) is 4.96. The molecule has 19 heavy (non-hydrogen) atoms. The summed E-state index contributed by atoms with van der Waals surface area (Å²) in [6, 6.07) is 6.63. The standard InChI is InChI=1S/C14H19N3O2/c1-2-14(7-8-16-9-14)13(19)17-11-5-3-10(4-6-11)12(15)18/h3-6,16H,2,7-9H2,1H3,(H2,15,18)(H,17,19). The molecule has 1 aliphatic heterocycles. The SMILES string of the molecule is CCC1(C(=O)Nc2ccc(C(N)=O)cc2)CCNC1. The zero-order valence-corrected chi connectivity index (χ0v) is 11.0. The highest BCUT2D eigenvalue weighted by Gasteiger charge is 2.39. The third-order valence-electron chi connectivity index (χ3n) is 3.83. The molecule has 1 aromatic rings. The van der Waals surface area contributed by atoms with Crippen LogP contribution in [0.4, 0.5) is 5.69 Å². The lowest BCUT2D eigenvalue weighted by atomic mass is 9.83. The van der Waals surface area contributed by atoms with Gasteiger partial charge in [-0.2, -0.15) is 0 Å². The van der Waals surface area contributed by atoms with Crippen LogP contribution in [0, 0.1) is 5.41 Å². The van der Waals surface area contributed by atoms with Crippen molar-refractivity contribution in [3.05, 3.63) is 29.8 Å². The highest BCUT2D eigenvalue weighted by atomic mass is 16.2. The second kappa shape index (κ2) is 5.40. The number of anilines is 1. The molecule has 2 amide bonds. The first-order valence-corrected chi connectivity index (χ1v) is 6.49. The maximum atomic E-state index is 12.3. The number of amides is 2. The zero-order valence-electron chi connectivity index (χ0n) is 11.0. The topological polar surface area (TPSA) is 84.2 Å². The van der Waals surface area contributed by atoms with E-state index in [1.165, 1.54) is 0 Å². The van der Waals surface area contributed by atoms with Crippen LogP contribution in [0.1, 0.15) is 30.1 Å².